The first-order chi connectivity index (χ1) is 16.2. The number of carbonyl (C=O) groups is 1. The van der Waals surface area contributed by atoms with Gasteiger partial charge in [0.25, 0.3) is 0 Å². The maximum Gasteiger partial charge on any atom is 0.508 e. The van der Waals surface area contributed by atoms with Crippen molar-refractivity contribution in [1.29, 1.82) is 0 Å². The molecule has 16 unspecified atom stereocenters. The third-order valence-corrected chi connectivity index (χ3v) is 13.0. The van der Waals surface area contributed by atoms with E-state index >= 15 is 0 Å². The van der Waals surface area contributed by atoms with Crippen LogP contribution in [0.1, 0.15) is 58.3 Å². The Kier molecular flexibility index (Phi) is 3.72. The molecular weight excluding hydrogens is 412 g/mol. The summed E-state index contributed by atoms with van der Waals surface area (Å²) in [7, 11) is 0. The van der Waals surface area contributed by atoms with Gasteiger partial charge in [0.2, 0.25) is 0 Å². The molecule has 8 fully saturated rings. The monoisotopic (exact) mass is 450 g/mol. The van der Waals surface area contributed by atoms with Crippen LogP contribution in [-0.4, -0.2) is 30.6 Å². The Bertz CT molecular complexity index is 907. The number of hydrogen-bond acceptors (Lipinski definition) is 4. The summed E-state index contributed by atoms with van der Waals surface area (Å²) in [6.45, 7) is 2.35. The minimum Gasteiger partial charge on any atom is -0.431 e. The highest BCUT2D eigenvalue weighted by atomic mass is 16.7. The molecule has 0 amide bonds. The number of carbonyl (C=O) groups excluding carboxylic acids is 1. The van der Waals surface area contributed by atoms with Gasteiger partial charge in [-0.25, -0.2) is 4.79 Å². The zero-order valence-corrected chi connectivity index (χ0v) is 19.8. The molecule has 16 atom stereocenters. The van der Waals surface area contributed by atoms with Gasteiger partial charge in [-0.3, -0.25) is 0 Å². The third kappa shape index (κ3) is 2.23. The summed E-state index contributed by atoms with van der Waals surface area (Å²) in [6, 6.07) is 0. The fourth-order valence-electron chi connectivity index (χ4n) is 12.4. The molecule has 8 bridgehead atoms. The normalized spacial score (nSPS) is 62.7. The Morgan fingerprint density at radius 2 is 1.33 bits per heavy atom. The highest BCUT2D eigenvalue weighted by molar-refractivity contribution is 5.60. The van der Waals surface area contributed by atoms with E-state index in [2.05, 4.69) is 19.1 Å². The molecule has 178 valence electrons. The first kappa shape index (κ1) is 19.2. The Balaban J connectivity index is 0.963. The van der Waals surface area contributed by atoms with Crippen LogP contribution in [0.5, 0.6) is 0 Å². The number of rotatable bonds is 2. The van der Waals surface area contributed by atoms with Crippen molar-refractivity contribution in [2.24, 2.45) is 76.9 Å². The van der Waals surface area contributed by atoms with Gasteiger partial charge in [-0.2, -0.15) is 0 Å². The van der Waals surface area contributed by atoms with Gasteiger partial charge < -0.3 is 14.2 Å². The maximum absolute atomic E-state index is 12.7. The van der Waals surface area contributed by atoms with Gasteiger partial charge in [-0.05, 0) is 116 Å². The fourth-order valence-corrected chi connectivity index (χ4v) is 12.4. The first-order valence-corrected chi connectivity index (χ1v) is 14.4. The molecule has 33 heavy (non-hydrogen) atoms. The van der Waals surface area contributed by atoms with Gasteiger partial charge >= 0.3 is 6.16 Å². The maximum atomic E-state index is 12.7. The summed E-state index contributed by atoms with van der Waals surface area (Å²) >= 11 is 0. The predicted molar refractivity (Wildman–Crippen MR) is 121 cm³/mol. The molecule has 9 rings (SSSR count). The van der Waals surface area contributed by atoms with Crippen molar-refractivity contribution in [3.05, 3.63) is 12.2 Å². The molecule has 4 heteroatoms. The predicted octanol–water partition coefficient (Wildman–Crippen LogP) is 5.46. The van der Waals surface area contributed by atoms with Crippen LogP contribution in [-0.2, 0) is 14.2 Å². The molecule has 0 aromatic rings. The van der Waals surface area contributed by atoms with E-state index in [0.29, 0.717) is 35.9 Å². The summed E-state index contributed by atoms with van der Waals surface area (Å²) in [5, 5.41) is 0. The summed E-state index contributed by atoms with van der Waals surface area (Å²) in [4.78, 5) is 12.7. The van der Waals surface area contributed by atoms with Crippen molar-refractivity contribution in [1.82, 2.24) is 0 Å². The lowest BCUT2D eigenvalue weighted by Gasteiger charge is -2.49. The molecule has 0 N–H and O–H groups in total. The summed E-state index contributed by atoms with van der Waals surface area (Å²) in [5.41, 5.74) is 0. The summed E-state index contributed by atoms with van der Waals surface area (Å²) in [6.07, 6.45) is 15.7. The van der Waals surface area contributed by atoms with Crippen molar-refractivity contribution in [3.63, 3.8) is 0 Å². The molecule has 4 nitrogen and oxygen atoms in total. The van der Waals surface area contributed by atoms with Gasteiger partial charge in [0.05, 0.1) is 12.2 Å². The molecule has 7 aliphatic carbocycles. The Labute approximate surface area is 197 Å². The van der Waals surface area contributed by atoms with E-state index in [1.807, 2.05) is 0 Å². The van der Waals surface area contributed by atoms with Gasteiger partial charge in [0.15, 0.2) is 0 Å². The lowest BCUT2D eigenvalue weighted by atomic mass is 9.54. The second kappa shape index (κ2) is 6.39. The molecule has 9 aliphatic rings. The van der Waals surface area contributed by atoms with Gasteiger partial charge in [-0.1, -0.05) is 25.5 Å². The summed E-state index contributed by atoms with van der Waals surface area (Å²) < 4.78 is 18.9. The molecule has 0 radical (unpaired) electrons. The number of allylic oxidation sites excluding steroid dienone is 2. The Hall–Kier alpha value is -1.03. The molecule has 0 aromatic heterocycles. The molecule has 6 saturated carbocycles. The van der Waals surface area contributed by atoms with E-state index in [-0.39, 0.29) is 18.4 Å². The van der Waals surface area contributed by atoms with E-state index in [0.717, 1.165) is 66.1 Å². The highest BCUT2D eigenvalue weighted by Gasteiger charge is 2.78. The van der Waals surface area contributed by atoms with Crippen LogP contribution in [0.2, 0.25) is 0 Å². The van der Waals surface area contributed by atoms with Crippen molar-refractivity contribution in [2.45, 2.75) is 82.7 Å². The third-order valence-electron chi connectivity index (χ3n) is 13.0. The largest absolute Gasteiger partial charge is 0.508 e. The van der Waals surface area contributed by atoms with Crippen LogP contribution in [0.25, 0.3) is 0 Å². The molecule has 2 aliphatic heterocycles. The van der Waals surface area contributed by atoms with Crippen LogP contribution < -0.4 is 0 Å². The molecule has 2 saturated heterocycles. The average Bonchev–Trinajstić information content (AvgIpc) is 3.65. The molecular formula is C29H38O4. The van der Waals surface area contributed by atoms with E-state index < -0.39 is 0 Å². The van der Waals surface area contributed by atoms with Crippen molar-refractivity contribution in [3.8, 4) is 0 Å². The first-order valence-electron chi connectivity index (χ1n) is 14.4. The molecule has 0 spiro atoms. The fraction of sp³-hybridized carbons (Fsp3) is 0.897. The molecule has 2 heterocycles. The van der Waals surface area contributed by atoms with Crippen LogP contribution in [0.15, 0.2) is 12.2 Å². The lowest BCUT2D eigenvalue weighted by molar-refractivity contribution is -0.0714. The molecule has 0 aromatic carbocycles. The highest BCUT2D eigenvalue weighted by Crippen LogP contribution is 2.77. The number of fused-ring (bicyclic) bond motifs is 23. The SMILES string of the molecule is CC1C2CC(C1OC(=O)OC1CCCCC1)C1C3OC(C21)C1C2CC(C4C5C=CC(C5)C24)C31. The average molecular weight is 451 g/mol. The van der Waals surface area contributed by atoms with Crippen LogP contribution in [0.4, 0.5) is 4.79 Å². The van der Waals surface area contributed by atoms with Crippen molar-refractivity contribution < 1.29 is 19.0 Å². The number of ether oxygens (including phenoxy) is 3. The van der Waals surface area contributed by atoms with Crippen LogP contribution >= 0.6 is 0 Å². The second-order valence-corrected chi connectivity index (χ2v) is 13.7. The Morgan fingerprint density at radius 3 is 2.03 bits per heavy atom. The number of hydrogen-bond donors (Lipinski definition) is 0. The standard InChI is InChI=1S/C29H38O4/c1-12-16-10-19(26(12)33-29(30)31-15-5-3-2-4-6-15)25-22(16)27-23-17-11-18(24(23)28(25)32-27)21-14-8-7-13(9-14)20(17)21/h7-8,12-28H,2-6,9-11H2,1H3. The van der Waals surface area contributed by atoms with Crippen molar-refractivity contribution in [2.75, 3.05) is 0 Å². The van der Waals surface area contributed by atoms with Crippen molar-refractivity contribution >= 4 is 6.16 Å². The van der Waals surface area contributed by atoms with E-state index in [9.17, 15) is 4.79 Å². The van der Waals surface area contributed by atoms with Crippen LogP contribution in [0.3, 0.4) is 0 Å². The van der Waals surface area contributed by atoms with Gasteiger partial charge in [0, 0.05) is 5.92 Å². The summed E-state index contributed by atoms with van der Waals surface area (Å²) in [5.74, 6) is 10.2. The minimum absolute atomic E-state index is 0.0468. The van der Waals surface area contributed by atoms with Crippen LogP contribution in [0, 0.1) is 76.9 Å². The topological polar surface area (TPSA) is 44.8 Å². The zero-order chi connectivity index (χ0) is 21.6. The van der Waals surface area contributed by atoms with Gasteiger partial charge in [0.1, 0.15) is 12.2 Å². The quantitative estimate of drug-likeness (QED) is 0.318. The Morgan fingerprint density at radius 1 is 0.727 bits per heavy atom. The van der Waals surface area contributed by atoms with E-state index in [1.54, 1.807) is 0 Å². The minimum atomic E-state index is -0.388. The zero-order valence-electron chi connectivity index (χ0n) is 19.8. The smallest absolute Gasteiger partial charge is 0.431 e. The van der Waals surface area contributed by atoms with E-state index in [4.69, 9.17) is 14.2 Å². The second-order valence-electron chi connectivity index (χ2n) is 13.7. The van der Waals surface area contributed by atoms with Gasteiger partial charge in [-0.15, -0.1) is 0 Å². The lowest BCUT2D eigenvalue weighted by Crippen LogP contribution is -2.52. The van der Waals surface area contributed by atoms with E-state index in [1.165, 1.54) is 38.5 Å².